The molecule has 86 valence electrons. The first kappa shape index (κ1) is 12.2. The Balaban J connectivity index is 2.26. The van der Waals surface area contributed by atoms with Gasteiger partial charge in [-0.15, -0.1) is 0 Å². The molecule has 1 aromatic carbocycles. The molecule has 0 saturated carbocycles. The molecule has 0 unspecified atom stereocenters. The van der Waals surface area contributed by atoms with Crippen LogP contribution in [0.3, 0.4) is 0 Å². The van der Waals surface area contributed by atoms with Crippen molar-refractivity contribution in [3.8, 4) is 0 Å². The van der Waals surface area contributed by atoms with Crippen molar-refractivity contribution >= 4 is 11.9 Å². The fraction of sp³-hybridized carbons (Fsp3) is 0.273. The van der Waals surface area contributed by atoms with E-state index in [9.17, 15) is 9.59 Å². The van der Waals surface area contributed by atoms with E-state index >= 15 is 0 Å². The first-order valence-electron chi connectivity index (χ1n) is 4.87. The van der Waals surface area contributed by atoms with E-state index < -0.39 is 11.9 Å². The van der Waals surface area contributed by atoms with Crippen LogP contribution in [-0.2, 0) is 25.8 Å². The van der Waals surface area contributed by atoms with Gasteiger partial charge >= 0.3 is 11.9 Å². The zero-order chi connectivity index (χ0) is 11.8. The Labute approximate surface area is 93.3 Å². The van der Waals surface area contributed by atoms with Crippen molar-refractivity contribution in [2.45, 2.75) is 13.5 Å². The smallest absolute Gasteiger partial charge is 0.399 e. The first-order chi connectivity index (χ1) is 7.74. The molecule has 1 N–H and O–H groups in total. The average Bonchev–Trinajstić information content (AvgIpc) is 2.30. The zero-order valence-corrected chi connectivity index (χ0v) is 8.93. The third kappa shape index (κ3) is 4.10. The Hall–Kier alpha value is -1.88. The van der Waals surface area contributed by atoms with Crippen LogP contribution in [0.5, 0.6) is 0 Å². The summed E-state index contributed by atoms with van der Waals surface area (Å²) < 4.78 is 4.48. The van der Waals surface area contributed by atoms with Gasteiger partial charge in [-0.05, 0) is 12.5 Å². The molecule has 16 heavy (non-hydrogen) atoms. The van der Waals surface area contributed by atoms with Crippen molar-refractivity contribution < 1.29 is 19.2 Å². The maximum atomic E-state index is 11.0. The summed E-state index contributed by atoms with van der Waals surface area (Å²) in [6, 6.07) is 9.27. The first-order valence-corrected chi connectivity index (χ1v) is 4.87. The highest BCUT2D eigenvalue weighted by molar-refractivity contribution is 6.32. The quantitative estimate of drug-likeness (QED) is 0.466. The highest BCUT2D eigenvalue weighted by Gasteiger charge is 2.13. The lowest BCUT2D eigenvalue weighted by atomic mass is 10.2. The SMILES string of the molecule is CCOC(=O)C(=O)NOCc1ccccc1. The van der Waals surface area contributed by atoms with Gasteiger partial charge in [-0.3, -0.25) is 9.63 Å². The van der Waals surface area contributed by atoms with E-state index in [2.05, 4.69) is 4.74 Å². The molecule has 0 aromatic heterocycles. The largest absolute Gasteiger partial charge is 0.459 e. The molecule has 0 fully saturated rings. The molecule has 0 aliphatic heterocycles. The third-order valence-electron chi connectivity index (χ3n) is 1.71. The van der Waals surface area contributed by atoms with Gasteiger partial charge in [0.05, 0.1) is 13.2 Å². The van der Waals surface area contributed by atoms with Crippen molar-refractivity contribution in [3.63, 3.8) is 0 Å². The summed E-state index contributed by atoms with van der Waals surface area (Å²) in [5.41, 5.74) is 2.90. The number of carbonyl (C=O) groups excluding carboxylic acids is 2. The van der Waals surface area contributed by atoms with E-state index in [4.69, 9.17) is 4.84 Å². The number of hydrogen-bond acceptors (Lipinski definition) is 4. The summed E-state index contributed by atoms with van der Waals surface area (Å²) >= 11 is 0. The topological polar surface area (TPSA) is 64.6 Å². The molecule has 5 nitrogen and oxygen atoms in total. The van der Waals surface area contributed by atoms with Crippen molar-refractivity contribution in [1.82, 2.24) is 5.48 Å². The second kappa shape index (κ2) is 6.58. The summed E-state index contributed by atoms with van der Waals surface area (Å²) in [5, 5.41) is 0. The summed E-state index contributed by atoms with van der Waals surface area (Å²) in [7, 11) is 0. The summed E-state index contributed by atoms with van der Waals surface area (Å²) in [5.74, 6) is -1.85. The van der Waals surface area contributed by atoms with Crippen LogP contribution in [0.2, 0.25) is 0 Å². The fourth-order valence-electron chi connectivity index (χ4n) is 0.998. The Morgan fingerprint density at radius 3 is 2.56 bits per heavy atom. The normalized spacial score (nSPS) is 9.56. The number of hydroxylamine groups is 1. The van der Waals surface area contributed by atoms with Gasteiger partial charge in [0.1, 0.15) is 0 Å². The van der Waals surface area contributed by atoms with Crippen LogP contribution >= 0.6 is 0 Å². The Kier molecular flexibility index (Phi) is 5.01. The van der Waals surface area contributed by atoms with Gasteiger partial charge in [-0.25, -0.2) is 10.3 Å². The lowest BCUT2D eigenvalue weighted by Crippen LogP contribution is -2.32. The van der Waals surface area contributed by atoms with Crippen LogP contribution in [0.1, 0.15) is 12.5 Å². The minimum Gasteiger partial charge on any atom is -0.459 e. The molecule has 5 heteroatoms. The van der Waals surface area contributed by atoms with E-state index in [0.717, 1.165) is 5.56 Å². The maximum Gasteiger partial charge on any atom is 0.399 e. The lowest BCUT2D eigenvalue weighted by molar-refractivity contribution is -0.161. The van der Waals surface area contributed by atoms with Gasteiger partial charge in [0.15, 0.2) is 0 Å². The summed E-state index contributed by atoms with van der Waals surface area (Å²) in [4.78, 5) is 26.7. The van der Waals surface area contributed by atoms with Gasteiger partial charge in [-0.2, -0.15) is 0 Å². The molecule has 1 amide bonds. The number of benzene rings is 1. The number of esters is 1. The van der Waals surface area contributed by atoms with E-state index in [-0.39, 0.29) is 13.2 Å². The number of nitrogens with one attached hydrogen (secondary N) is 1. The Morgan fingerprint density at radius 1 is 1.25 bits per heavy atom. The summed E-state index contributed by atoms with van der Waals surface area (Å²) in [6.45, 7) is 1.98. The number of ether oxygens (including phenoxy) is 1. The Bertz CT molecular complexity index is 350. The maximum absolute atomic E-state index is 11.0. The van der Waals surface area contributed by atoms with E-state index in [1.54, 1.807) is 6.92 Å². The van der Waals surface area contributed by atoms with Gasteiger partial charge in [0.2, 0.25) is 0 Å². The third-order valence-corrected chi connectivity index (χ3v) is 1.71. The highest BCUT2D eigenvalue weighted by Crippen LogP contribution is 1.98. The van der Waals surface area contributed by atoms with Crippen molar-refractivity contribution in [1.29, 1.82) is 0 Å². The van der Waals surface area contributed by atoms with Gasteiger partial charge < -0.3 is 4.74 Å². The van der Waals surface area contributed by atoms with Crippen LogP contribution in [-0.4, -0.2) is 18.5 Å². The predicted octanol–water partition coefficient (Wildman–Crippen LogP) is 0.797. The highest BCUT2D eigenvalue weighted by atomic mass is 16.7. The molecule has 0 saturated heterocycles. The Morgan fingerprint density at radius 2 is 1.94 bits per heavy atom. The van der Waals surface area contributed by atoms with Crippen molar-refractivity contribution in [2.24, 2.45) is 0 Å². The van der Waals surface area contributed by atoms with Gasteiger partial charge in [0, 0.05) is 0 Å². The van der Waals surface area contributed by atoms with E-state index in [0.29, 0.717) is 0 Å². The number of amides is 1. The number of hydrogen-bond donors (Lipinski definition) is 1. The summed E-state index contributed by atoms with van der Waals surface area (Å²) in [6.07, 6.45) is 0. The molecule has 0 aliphatic rings. The second-order valence-corrected chi connectivity index (χ2v) is 2.93. The number of carbonyl (C=O) groups is 2. The van der Waals surface area contributed by atoms with Crippen LogP contribution < -0.4 is 5.48 Å². The van der Waals surface area contributed by atoms with Crippen molar-refractivity contribution in [3.05, 3.63) is 35.9 Å². The zero-order valence-electron chi connectivity index (χ0n) is 8.93. The molecule has 0 heterocycles. The van der Waals surface area contributed by atoms with Crippen LogP contribution in [0, 0.1) is 0 Å². The molecule has 0 radical (unpaired) electrons. The predicted molar refractivity (Wildman–Crippen MR) is 56.0 cm³/mol. The van der Waals surface area contributed by atoms with Crippen LogP contribution in [0.4, 0.5) is 0 Å². The van der Waals surface area contributed by atoms with Gasteiger partial charge in [0.25, 0.3) is 0 Å². The average molecular weight is 223 g/mol. The lowest BCUT2D eigenvalue weighted by Gasteiger charge is -2.04. The van der Waals surface area contributed by atoms with Crippen LogP contribution in [0.15, 0.2) is 30.3 Å². The molecule has 0 atom stereocenters. The molecular weight excluding hydrogens is 210 g/mol. The molecule has 0 bridgehead atoms. The molecule has 0 aliphatic carbocycles. The fourth-order valence-corrected chi connectivity index (χ4v) is 0.998. The minimum atomic E-state index is -0.949. The van der Waals surface area contributed by atoms with Crippen molar-refractivity contribution in [2.75, 3.05) is 6.61 Å². The molecular formula is C11H13NO4. The second-order valence-electron chi connectivity index (χ2n) is 2.93. The van der Waals surface area contributed by atoms with E-state index in [1.165, 1.54) is 0 Å². The van der Waals surface area contributed by atoms with E-state index in [1.807, 2.05) is 35.8 Å². The number of rotatable bonds is 4. The molecule has 1 rings (SSSR count). The standard InChI is InChI=1S/C11H13NO4/c1-2-15-11(14)10(13)12-16-8-9-6-4-3-5-7-9/h3-7H,2,8H2,1H3,(H,12,13). The molecule has 1 aromatic rings. The minimum absolute atomic E-state index is 0.158. The molecule has 0 spiro atoms. The monoisotopic (exact) mass is 223 g/mol. The van der Waals surface area contributed by atoms with Gasteiger partial charge in [-0.1, -0.05) is 30.3 Å². The van der Waals surface area contributed by atoms with Crippen LogP contribution in [0.25, 0.3) is 0 Å².